The summed E-state index contributed by atoms with van der Waals surface area (Å²) < 4.78 is 0. The largest absolute Gasteiger partial charge is 0.340 e. The molecule has 3 heteroatoms. The Morgan fingerprint density at radius 2 is 1.42 bits per heavy atom. The van der Waals surface area contributed by atoms with Crippen LogP contribution in [0.15, 0.2) is 82.6 Å². The minimum Gasteiger partial charge on any atom is -0.340 e. The van der Waals surface area contributed by atoms with Gasteiger partial charge in [0, 0.05) is 22.9 Å². The first-order valence-electron chi connectivity index (χ1n) is 9.21. The second kappa shape index (κ2) is 7.98. The summed E-state index contributed by atoms with van der Waals surface area (Å²) in [6.07, 6.45) is 1.11. The molecule has 0 aromatic heterocycles. The lowest BCUT2D eigenvalue weighted by atomic mass is 10.1. The standard InChI is InChI=1S/C23H24N2S/c1-18-11-13-19(14-12-18)17-24-15-6-16-25-20-7-2-4-9-22(20)26-23-10-5-3-8-21(23)25/h2-5,7-14,24H,6,15-17H2,1H3. The number of hydrogen-bond acceptors (Lipinski definition) is 3. The monoisotopic (exact) mass is 360 g/mol. The molecule has 0 saturated heterocycles. The van der Waals surface area contributed by atoms with Gasteiger partial charge in [-0.05, 0) is 49.7 Å². The molecular formula is C23H24N2S. The highest BCUT2D eigenvalue weighted by Gasteiger charge is 2.21. The Balaban J connectivity index is 1.38. The predicted octanol–water partition coefficient (Wildman–Crippen LogP) is 5.78. The van der Waals surface area contributed by atoms with Crippen molar-refractivity contribution in [3.63, 3.8) is 0 Å². The maximum Gasteiger partial charge on any atom is 0.0552 e. The summed E-state index contributed by atoms with van der Waals surface area (Å²) >= 11 is 1.87. The predicted molar refractivity (Wildman–Crippen MR) is 112 cm³/mol. The molecule has 0 bridgehead atoms. The molecule has 1 N–H and O–H groups in total. The lowest BCUT2D eigenvalue weighted by molar-refractivity contribution is 0.649. The van der Waals surface area contributed by atoms with Crippen LogP contribution in [-0.2, 0) is 6.54 Å². The van der Waals surface area contributed by atoms with E-state index in [0.29, 0.717) is 0 Å². The highest BCUT2D eigenvalue weighted by atomic mass is 32.2. The number of anilines is 2. The van der Waals surface area contributed by atoms with Crippen molar-refractivity contribution in [2.45, 2.75) is 29.7 Å². The molecule has 2 nitrogen and oxygen atoms in total. The smallest absolute Gasteiger partial charge is 0.0552 e. The zero-order valence-corrected chi connectivity index (χ0v) is 15.9. The summed E-state index contributed by atoms with van der Waals surface area (Å²) in [6.45, 7) is 5.10. The van der Waals surface area contributed by atoms with Crippen LogP contribution < -0.4 is 10.2 Å². The van der Waals surface area contributed by atoms with Crippen LogP contribution in [0, 0.1) is 6.92 Å². The van der Waals surface area contributed by atoms with Crippen molar-refractivity contribution in [2.24, 2.45) is 0 Å². The van der Waals surface area contributed by atoms with Crippen LogP contribution >= 0.6 is 11.8 Å². The van der Waals surface area contributed by atoms with Gasteiger partial charge in [0.25, 0.3) is 0 Å². The highest BCUT2D eigenvalue weighted by molar-refractivity contribution is 7.99. The van der Waals surface area contributed by atoms with E-state index in [-0.39, 0.29) is 0 Å². The Labute approximate surface area is 160 Å². The Kier molecular flexibility index (Phi) is 5.28. The van der Waals surface area contributed by atoms with Gasteiger partial charge in [0.15, 0.2) is 0 Å². The first-order chi connectivity index (χ1) is 12.8. The second-order valence-corrected chi connectivity index (χ2v) is 7.79. The molecule has 0 aliphatic carbocycles. The van der Waals surface area contributed by atoms with Crippen LogP contribution in [0.1, 0.15) is 17.5 Å². The molecule has 0 fully saturated rings. The molecular weight excluding hydrogens is 336 g/mol. The molecule has 3 aromatic rings. The summed E-state index contributed by atoms with van der Waals surface area (Å²) in [4.78, 5) is 5.16. The fourth-order valence-electron chi connectivity index (χ4n) is 3.32. The molecule has 1 heterocycles. The van der Waals surface area contributed by atoms with E-state index in [0.717, 1.165) is 26.1 Å². The molecule has 0 amide bonds. The van der Waals surface area contributed by atoms with E-state index in [4.69, 9.17) is 0 Å². The number of benzene rings is 3. The third kappa shape index (κ3) is 3.79. The minimum absolute atomic E-state index is 0.934. The number of rotatable bonds is 6. The maximum absolute atomic E-state index is 3.58. The fraction of sp³-hybridized carbons (Fsp3) is 0.217. The van der Waals surface area contributed by atoms with Gasteiger partial charge in [-0.2, -0.15) is 0 Å². The molecule has 26 heavy (non-hydrogen) atoms. The molecule has 1 aliphatic rings. The Hall–Kier alpha value is -2.23. The van der Waals surface area contributed by atoms with Gasteiger partial charge in [-0.3, -0.25) is 0 Å². The number of para-hydroxylation sites is 2. The van der Waals surface area contributed by atoms with Crippen molar-refractivity contribution in [3.8, 4) is 0 Å². The van der Waals surface area contributed by atoms with E-state index in [2.05, 4.69) is 89.9 Å². The summed E-state index contributed by atoms with van der Waals surface area (Å²) in [5.41, 5.74) is 5.32. The third-order valence-electron chi connectivity index (χ3n) is 4.72. The molecule has 0 radical (unpaired) electrons. The zero-order chi connectivity index (χ0) is 17.8. The normalized spacial score (nSPS) is 12.6. The van der Waals surface area contributed by atoms with Gasteiger partial charge in [0.05, 0.1) is 11.4 Å². The summed E-state index contributed by atoms with van der Waals surface area (Å²) in [5, 5.41) is 3.58. The third-order valence-corrected chi connectivity index (χ3v) is 5.85. The summed E-state index contributed by atoms with van der Waals surface area (Å²) in [5.74, 6) is 0. The van der Waals surface area contributed by atoms with Gasteiger partial charge in [-0.15, -0.1) is 0 Å². The van der Waals surface area contributed by atoms with Crippen molar-refractivity contribution in [3.05, 3.63) is 83.9 Å². The SMILES string of the molecule is Cc1ccc(CNCCCN2c3ccccc3Sc3ccccc32)cc1. The average molecular weight is 361 g/mol. The van der Waals surface area contributed by atoms with Crippen molar-refractivity contribution in [2.75, 3.05) is 18.0 Å². The average Bonchev–Trinajstić information content (AvgIpc) is 2.68. The van der Waals surface area contributed by atoms with E-state index in [9.17, 15) is 0 Å². The molecule has 3 aromatic carbocycles. The van der Waals surface area contributed by atoms with Crippen LogP contribution in [0.3, 0.4) is 0 Å². The summed E-state index contributed by atoms with van der Waals surface area (Å²) in [6, 6.07) is 26.2. The molecule has 0 saturated carbocycles. The molecule has 1 aliphatic heterocycles. The van der Waals surface area contributed by atoms with Crippen LogP contribution in [0.5, 0.6) is 0 Å². The van der Waals surface area contributed by atoms with Gasteiger partial charge in [-0.25, -0.2) is 0 Å². The van der Waals surface area contributed by atoms with Crippen molar-refractivity contribution >= 4 is 23.1 Å². The van der Waals surface area contributed by atoms with Crippen LogP contribution in [0.4, 0.5) is 11.4 Å². The second-order valence-electron chi connectivity index (χ2n) is 6.71. The lowest BCUT2D eigenvalue weighted by Gasteiger charge is -2.32. The highest BCUT2D eigenvalue weighted by Crippen LogP contribution is 2.47. The lowest BCUT2D eigenvalue weighted by Crippen LogP contribution is -2.25. The van der Waals surface area contributed by atoms with Gasteiger partial charge in [-0.1, -0.05) is 65.9 Å². The van der Waals surface area contributed by atoms with E-state index < -0.39 is 0 Å². The van der Waals surface area contributed by atoms with E-state index in [1.807, 2.05) is 11.8 Å². The van der Waals surface area contributed by atoms with E-state index >= 15 is 0 Å². The van der Waals surface area contributed by atoms with Crippen molar-refractivity contribution < 1.29 is 0 Å². The quantitative estimate of drug-likeness (QED) is 0.561. The first-order valence-corrected chi connectivity index (χ1v) is 10.0. The number of hydrogen-bond donors (Lipinski definition) is 1. The minimum atomic E-state index is 0.934. The first kappa shape index (κ1) is 17.2. The fourth-order valence-corrected chi connectivity index (χ4v) is 4.42. The molecule has 132 valence electrons. The molecule has 0 atom stereocenters. The van der Waals surface area contributed by atoms with Crippen molar-refractivity contribution in [1.82, 2.24) is 5.32 Å². The van der Waals surface area contributed by atoms with Gasteiger partial charge in [0.2, 0.25) is 0 Å². The summed E-state index contributed by atoms with van der Waals surface area (Å²) in [7, 11) is 0. The Bertz CT molecular complexity index is 828. The number of aryl methyl sites for hydroxylation is 1. The molecule has 0 unspecified atom stereocenters. The maximum atomic E-state index is 3.58. The topological polar surface area (TPSA) is 15.3 Å². The number of nitrogens with zero attached hydrogens (tertiary/aromatic N) is 1. The zero-order valence-electron chi connectivity index (χ0n) is 15.1. The van der Waals surface area contributed by atoms with Gasteiger partial charge in [0.1, 0.15) is 0 Å². The van der Waals surface area contributed by atoms with Crippen LogP contribution in [0.25, 0.3) is 0 Å². The van der Waals surface area contributed by atoms with Gasteiger partial charge >= 0.3 is 0 Å². The Morgan fingerprint density at radius 1 is 0.808 bits per heavy atom. The van der Waals surface area contributed by atoms with E-state index in [1.54, 1.807) is 0 Å². The van der Waals surface area contributed by atoms with Crippen molar-refractivity contribution in [1.29, 1.82) is 0 Å². The molecule has 0 spiro atoms. The molecule has 4 rings (SSSR count). The number of nitrogens with one attached hydrogen (secondary N) is 1. The number of fused-ring (bicyclic) bond motifs is 2. The Morgan fingerprint density at radius 3 is 2.08 bits per heavy atom. The van der Waals surface area contributed by atoms with E-state index in [1.165, 1.54) is 32.3 Å². The van der Waals surface area contributed by atoms with Gasteiger partial charge < -0.3 is 10.2 Å². The van der Waals surface area contributed by atoms with Crippen LogP contribution in [-0.4, -0.2) is 13.1 Å². The van der Waals surface area contributed by atoms with Crippen LogP contribution in [0.2, 0.25) is 0 Å².